The molecule has 1 atom stereocenters. The molecule has 1 aromatic rings. The molecule has 1 heterocycles. The minimum atomic E-state index is 0.344. The average molecular weight is 268 g/mol. The van der Waals surface area contributed by atoms with Crippen molar-refractivity contribution in [2.75, 3.05) is 13.7 Å². The highest BCUT2D eigenvalue weighted by atomic mass is 32.1. The topological polar surface area (TPSA) is 34.2 Å². The Morgan fingerprint density at radius 2 is 2.28 bits per heavy atom. The number of ether oxygens (including phenoxy) is 1. The zero-order valence-corrected chi connectivity index (χ0v) is 12.7. The Labute approximate surface area is 114 Å². The summed E-state index contributed by atoms with van der Waals surface area (Å²) < 4.78 is 5.20. The van der Waals surface area contributed by atoms with Crippen molar-refractivity contribution in [3.8, 4) is 0 Å². The molecule has 102 valence electrons. The zero-order chi connectivity index (χ0) is 13.2. The first kappa shape index (κ1) is 14.0. The summed E-state index contributed by atoms with van der Waals surface area (Å²) in [6.07, 6.45) is 3.47. The SMILES string of the molecule is CCCNC1CC(C)(C)Cc2nc(COC)sc21. The van der Waals surface area contributed by atoms with Crippen molar-refractivity contribution in [1.82, 2.24) is 10.3 Å². The van der Waals surface area contributed by atoms with Gasteiger partial charge in [0.2, 0.25) is 0 Å². The number of hydrogen-bond acceptors (Lipinski definition) is 4. The van der Waals surface area contributed by atoms with Gasteiger partial charge in [0.25, 0.3) is 0 Å². The molecule has 0 aliphatic heterocycles. The van der Waals surface area contributed by atoms with E-state index >= 15 is 0 Å². The molecular weight excluding hydrogens is 244 g/mol. The Morgan fingerprint density at radius 1 is 1.50 bits per heavy atom. The Hall–Kier alpha value is -0.450. The van der Waals surface area contributed by atoms with E-state index in [1.54, 1.807) is 7.11 Å². The summed E-state index contributed by atoms with van der Waals surface area (Å²) >= 11 is 1.82. The Kier molecular flexibility index (Phi) is 4.41. The van der Waals surface area contributed by atoms with Crippen LogP contribution in [0.2, 0.25) is 0 Å². The summed E-state index contributed by atoms with van der Waals surface area (Å²) in [5.74, 6) is 0. The lowest BCUT2D eigenvalue weighted by molar-refractivity contribution is 0.184. The highest BCUT2D eigenvalue weighted by Gasteiger charge is 2.34. The fraction of sp³-hybridized carbons (Fsp3) is 0.786. The molecule has 4 heteroatoms. The van der Waals surface area contributed by atoms with Crippen LogP contribution in [0.25, 0.3) is 0 Å². The smallest absolute Gasteiger partial charge is 0.119 e. The van der Waals surface area contributed by atoms with Gasteiger partial charge in [-0.05, 0) is 31.2 Å². The van der Waals surface area contributed by atoms with Crippen LogP contribution in [-0.4, -0.2) is 18.6 Å². The number of hydrogen-bond donors (Lipinski definition) is 1. The van der Waals surface area contributed by atoms with Gasteiger partial charge in [0.05, 0.1) is 12.3 Å². The number of thiazole rings is 1. The van der Waals surface area contributed by atoms with Gasteiger partial charge < -0.3 is 10.1 Å². The van der Waals surface area contributed by atoms with E-state index in [1.807, 2.05) is 11.3 Å². The molecule has 1 unspecified atom stereocenters. The van der Waals surface area contributed by atoms with E-state index in [9.17, 15) is 0 Å². The van der Waals surface area contributed by atoms with E-state index in [0.717, 1.165) is 18.0 Å². The van der Waals surface area contributed by atoms with Gasteiger partial charge in [-0.2, -0.15) is 0 Å². The molecule has 3 nitrogen and oxygen atoms in total. The first-order valence-electron chi connectivity index (χ1n) is 6.76. The Balaban J connectivity index is 2.22. The van der Waals surface area contributed by atoms with Gasteiger partial charge >= 0.3 is 0 Å². The van der Waals surface area contributed by atoms with Crippen LogP contribution < -0.4 is 5.32 Å². The lowest BCUT2D eigenvalue weighted by atomic mass is 9.76. The molecule has 1 aromatic heterocycles. The van der Waals surface area contributed by atoms with E-state index < -0.39 is 0 Å². The molecule has 1 N–H and O–H groups in total. The summed E-state index contributed by atoms with van der Waals surface area (Å²) in [7, 11) is 1.73. The molecule has 1 aliphatic carbocycles. The third-order valence-corrected chi connectivity index (χ3v) is 4.58. The first-order chi connectivity index (χ1) is 8.55. The predicted octanol–water partition coefficient (Wildman–Crippen LogP) is 3.30. The maximum absolute atomic E-state index is 5.20. The molecule has 2 rings (SSSR count). The summed E-state index contributed by atoms with van der Waals surface area (Å²) in [6.45, 7) is 8.61. The highest BCUT2D eigenvalue weighted by Crippen LogP contribution is 2.43. The summed E-state index contributed by atoms with van der Waals surface area (Å²) in [5.41, 5.74) is 1.63. The molecule has 18 heavy (non-hydrogen) atoms. The van der Waals surface area contributed by atoms with Crippen molar-refractivity contribution in [3.63, 3.8) is 0 Å². The van der Waals surface area contributed by atoms with E-state index in [2.05, 4.69) is 26.1 Å². The second-order valence-corrected chi connectivity index (χ2v) is 7.02. The molecule has 0 radical (unpaired) electrons. The maximum atomic E-state index is 5.20. The molecule has 0 saturated carbocycles. The van der Waals surface area contributed by atoms with Gasteiger partial charge in [-0.3, -0.25) is 0 Å². The number of rotatable bonds is 5. The van der Waals surface area contributed by atoms with Crippen molar-refractivity contribution in [2.45, 2.75) is 52.7 Å². The third kappa shape index (κ3) is 3.11. The summed E-state index contributed by atoms with van der Waals surface area (Å²) in [5, 5.41) is 4.78. The van der Waals surface area contributed by atoms with E-state index in [0.29, 0.717) is 18.1 Å². The minimum absolute atomic E-state index is 0.344. The lowest BCUT2D eigenvalue weighted by Crippen LogP contribution is -2.33. The van der Waals surface area contributed by atoms with Gasteiger partial charge in [-0.25, -0.2) is 4.98 Å². The fourth-order valence-electron chi connectivity index (χ4n) is 2.65. The molecule has 0 spiro atoms. The number of nitrogens with one attached hydrogen (secondary N) is 1. The van der Waals surface area contributed by atoms with E-state index in [1.165, 1.54) is 23.4 Å². The first-order valence-corrected chi connectivity index (χ1v) is 7.58. The van der Waals surface area contributed by atoms with Crippen LogP contribution in [0.1, 0.15) is 55.2 Å². The number of methoxy groups -OCH3 is 1. The van der Waals surface area contributed by atoms with E-state index in [4.69, 9.17) is 9.72 Å². The van der Waals surface area contributed by atoms with Gasteiger partial charge in [0, 0.05) is 18.0 Å². The van der Waals surface area contributed by atoms with Crippen LogP contribution in [0, 0.1) is 5.41 Å². The van der Waals surface area contributed by atoms with Crippen LogP contribution in [0.4, 0.5) is 0 Å². The third-order valence-electron chi connectivity index (χ3n) is 3.40. The molecule has 1 aliphatic rings. The largest absolute Gasteiger partial charge is 0.378 e. The summed E-state index contributed by atoms with van der Waals surface area (Å²) in [6, 6.07) is 0.479. The normalized spacial score (nSPS) is 21.9. The second kappa shape index (κ2) is 5.68. The molecule has 0 fully saturated rings. The molecule has 0 bridgehead atoms. The quantitative estimate of drug-likeness (QED) is 0.889. The predicted molar refractivity (Wildman–Crippen MR) is 76.0 cm³/mol. The van der Waals surface area contributed by atoms with Crippen molar-refractivity contribution in [3.05, 3.63) is 15.6 Å². The standard InChI is InChI=1S/C14H24N2OS/c1-5-6-15-10-7-14(2,3)8-11-13(10)18-12(16-11)9-17-4/h10,15H,5-9H2,1-4H3. The van der Waals surface area contributed by atoms with Crippen LogP contribution in [-0.2, 0) is 17.8 Å². The van der Waals surface area contributed by atoms with Crippen LogP contribution >= 0.6 is 11.3 Å². The number of nitrogens with zero attached hydrogens (tertiary/aromatic N) is 1. The lowest BCUT2D eigenvalue weighted by Gasteiger charge is -2.34. The van der Waals surface area contributed by atoms with Crippen molar-refractivity contribution in [1.29, 1.82) is 0 Å². The van der Waals surface area contributed by atoms with Crippen molar-refractivity contribution < 1.29 is 4.74 Å². The van der Waals surface area contributed by atoms with Crippen LogP contribution in [0.5, 0.6) is 0 Å². The van der Waals surface area contributed by atoms with Gasteiger partial charge in [0.15, 0.2) is 0 Å². The number of fused-ring (bicyclic) bond motifs is 1. The van der Waals surface area contributed by atoms with Crippen molar-refractivity contribution in [2.24, 2.45) is 5.41 Å². The van der Waals surface area contributed by atoms with Gasteiger partial charge in [-0.1, -0.05) is 20.8 Å². The van der Waals surface area contributed by atoms with Gasteiger partial charge in [0.1, 0.15) is 5.01 Å². The highest BCUT2D eigenvalue weighted by molar-refractivity contribution is 7.11. The van der Waals surface area contributed by atoms with Gasteiger partial charge in [-0.15, -0.1) is 11.3 Å². The average Bonchev–Trinajstić information content (AvgIpc) is 2.67. The summed E-state index contributed by atoms with van der Waals surface area (Å²) in [4.78, 5) is 6.19. The maximum Gasteiger partial charge on any atom is 0.119 e. The molecular formula is C14H24N2OS. The van der Waals surface area contributed by atoms with E-state index in [-0.39, 0.29) is 0 Å². The Bertz CT molecular complexity index is 400. The molecule has 0 amide bonds. The minimum Gasteiger partial charge on any atom is -0.378 e. The van der Waals surface area contributed by atoms with Crippen LogP contribution in [0.3, 0.4) is 0 Å². The van der Waals surface area contributed by atoms with Crippen LogP contribution in [0.15, 0.2) is 0 Å². The number of aromatic nitrogens is 1. The van der Waals surface area contributed by atoms with Crippen molar-refractivity contribution >= 4 is 11.3 Å². The molecule has 0 saturated heterocycles. The monoisotopic (exact) mass is 268 g/mol. The zero-order valence-electron chi connectivity index (χ0n) is 11.9. The molecule has 0 aromatic carbocycles. The fourth-order valence-corrected chi connectivity index (χ4v) is 3.78. The second-order valence-electron chi connectivity index (χ2n) is 5.90. The Morgan fingerprint density at radius 3 is 2.94 bits per heavy atom.